The Labute approximate surface area is 148 Å². The van der Waals surface area contributed by atoms with Crippen molar-refractivity contribution in [3.63, 3.8) is 0 Å². The van der Waals surface area contributed by atoms with E-state index in [0.717, 1.165) is 21.5 Å². The Balaban J connectivity index is 1.65. The summed E-state index contributed by atoms with van der Waals surface area (Å²) in [4.78, 5) is 27.6. The Bertz CT molecular complexity index is 919. The zero-order chi connectivity index (χ0) is 17.8. The van der Waals surface area contributed by atoms with E-state index in [0.29, 0.717) is 10.8 Å². The normalized spacial score (nSPS) is 10.5. The average molecular weight is 355 g/mol. The fourth-order valence-corrected chi connectivity index (χ4v) is 3.25. The summed E-state index contributed by atoms with van der Waals surface area (Å²) in [6.07, 6.45) is 0.236. The van der Waals surface area contributed by atoms with Crippen LogP contribution in [0.3, 0.4) is 0 Å². The number of hydrogen-bond acceptors (Lipinski definition) is 5. The van der Waals surface area contributed by atoms with Crippen molar-refractivity contribution in [2.75, 3.05) is 17.7 Å². The first-order valence-corrected chi connectivity index (χ1v) is 8.46. The van der Waals surface area contributed by atoms with Gasteiger partial charge < -0.3 is 15.4 Å². The maximum absolute atomic E-state index is 12.2. The lowest BCUT2D eigenvalue weighted by Crippen LogP contribution is -2.14. The molecule has 0 aliphatic carbocycles. The van der Waals surface area contributed by atoms with E-state index >= 15 is 0 Å². The van der Waals surface area contributed by atoms with Gasteiger partial charge in [0, 0.05) is 12.6 Å². The molecule has 0 bridgehead atoms. The Morgan fingerprint density at radius 3 is 2.56 bits per heavy atom. The molecule has 0 fully saturated rings. The van der Waals surface area contributed by atoms with Crippen LogP contribution in [-0.4, -0.2) is 23.9 Å². The highest BCUT2D eigenvalue weighted by Gasteiger charge is 2.09. The zero-order valence-electron chi connectivity index (χ0n) is 13.8. The number of nitrogens with zero attached hydrogens (tertiary/aromatic N) is 1. The molecule has 0 unspecified atom stereocenters. The minimum atomic E-state index is -0.140. The highest BCUT2D eigenvalue weighted by atomic mass is 32.1. The molecule has 128 valence electrons. The average Bonchev–Trinajstić information content (AvgIpc) is 2.97. The summed E-state index contributed by atoms with van der Waals surface area (Å²) in [5, 5.41) is 6.07. The number of thiazole rings is 1. The molecular formula is C18H17N3O3S. The molecule has 0 radical (unpaired) electrons. The van der Waals surface area contributed by atoms with E-state index in [-0.39, 0.29) is 18.2 Å². The van der Waals surface area contributed by atoms with E-state index in [9.17, 15) is 9.59 Å². The minimum Gasteiger partial charge on any atom is -0.497 e. The second-order valence-corrected chi connectivity index (χ2v) is 6.49. The van der Waals surface area contributed by atoms with E-state index in [4.69, 9.17) is 4.74 Å². The van der Waals surface area contributed by atoms with Gasteiger partial charge in [0.15, 0.2) is 5.13 Å². The second kappa shape index (κ2) is 7.31. The molecule has 2 aromatic carbocycles. The number of anilines is 2. The van der Waals surface area contributed by atoms with Crippen molar-refractivity contribution in [2.45, 2.75) is 13.3 Å². The molecule has 7 heteroatoms. The first-order valence-electron chi connectivity index (χ1n) is 7.64. The molecule has 3 aromatic rings. The van der Waals surface area contributed by atoms with Crippen LogP contribution in [0.4, 0.5) is 10.8 Å². The number of amides is 2. The topological polar surface area (TPSA) is 80.3 Å². The molecule has 2 N–H and O–H groups in total. The van der Waals surface area contributed by atoms with Crippen molar-refractivity contribution >= 4 is 44.2 Å². The van der Waals surface area contributed by atoms with Crippen LogP contribution in [0.15, 0.2) is 42.5 Å². The van der Waals surface area contributed by atoms with Crippen LogP contribution in [0.25, 0.3) is 10.2 Å². The molecule has 0 spiro atoms. The van der Waals surface area contributed by atoms with Crippen molar-refractivity contribution in [1.82, 2.24) is 4.98 Å². The van der Waals surface area contributed by atoms with Gasteiger partial charge in [-0.25, -0.2) is 4.98 Å². The van der Waals surface area contributed by atoms with Gasteiger partial charge >= 0.3 is 0 Å². The Morgan fingerprint density at radius 1 is 1.12 bits per heavy atom. The summed E-state index contributed by atoms with van der Waals surface area (Å²) in [6, 6.07) is 12.8. The van der Waals surface area contributed by atoms with Crippen molar-refractivity contribution in [3.8, 4) is 5.75 Å². The third kappa shape index (κ3) is 4.33. The van der Waals surface area contributed by atoms with Crippen LogP contribution >= 0.6 is 11.3 Å². The standard InChI is InChI=1S/C18H17N3O3S/c1-11(22)19-13-5-3-12(4-6-13)9-17(23)21-18-20-15-8-7-14(24-2)10-16(15)25-18/h3-8,10H,9H2,1-2H3,(H,19,22)(H,20,21,23). The number of hydrogen-bond donors (Lipinski definition) is 2. The largest absolute Gasteiger partial charge is 0.497 e. The van der Waals surface area contributed by atoms with Gasteiger partial charge in [-0.2, -0.15) is 0 Å². The van der Waals surface area contributed by atoms with Crippen LogP contribution in [0.5, 0.6) is 5.75 Å². The Hall–Kier alpha value is -2.93. The van der Waals surface area contributed by atoms with Gasteiger partial charge in [0.1, 0.15) is 5.75 Å². The predicted octanol–water partition coefficient (Wildman–Crippen LogP) is 3.44. The molecule has 0 aliphatic rings. The van der Waals surface area contributed by atoms with E-state index in [2.05, 4.69) is 15.6 Å². The SMILES string of the molecule is COc1ccc2nc(NC(=O)Cc3ccc(NC(C)=O)cc3)sc2c1. The number of methoxy groups -OCH3 is 1. The van der Waals surface area contributed by atoms with Crippen LogP contribution in [0, 0.1) is 0 Å². The first kappa shape index (κ1) is 16.9. The Kier molecular flexibility index (Phi) is 4.95. The van der Waals surface area contributed by atoms with Gasteiger partial charge in [-0.05, 0) is 35.9 Å². The molecule has 1 heterocycles. The highest BCUT2D eigenvalue weighted by Crippen LogP contribution is 2.29. The van der Waals surface area contributed by atoms with Gasteiger partial charge in [0.05, 0.1) is 23.7 Å². The monoisotopic (exact) mass is 355 g/mol. The molecule has 1 aromatic heterocycles. The van der Waals surface area contributed by atoms with Crippen LogP contribution in [0.2, 0.25) is 0 Å². The smallest absolute Gasteiger partial charge is 0.230 e. The van der Waals surface area contributed by atoms with Gasteiger partial charge in [0.2, 0.25) is 11.8 Å². The fraction of sp³-hybridized carbons (Fsp3) is 0.167. The zero-order valence-corrected chi connectivity index (χ0v) is 14.6. The first-order chi connectivity index (χ1) is 12.0. The van der Waals surface area contributed by atoms with Crippen molar-refractivity contribution in [3.05, 3.63) is 48.0 Å². The highest BCUT2D eigenvalue weighted by molar-refractivity contribution is 7.22. The summed E-state index contributed by atoms with van der Waals surface area (Å²) in [5.41, 5.74) is 2.38. The molecule has 0 saturated heterocycles. The number of rotatable bonds is 5. The van der Waals surface area contributed by atoms with Crippen LogP contribution in [0.1, 0.15) is 12.5 Å². The molecule has 25 heavy (non-hydrogen) atoms. The van der Waals surface area contributed by atoms with Crippen LogP contribution in [-0.2, 0) is 16.0 Å². The number of nitrogens with one attached hydrogen (secondary N) is 2. The maximum Gasteiger partial charge on any atom is 0.230 e. The molecule has 0 aliphatic heterocycles. The van der Waals surface area contributed by atoms with Gasteiger partial charge in [-0.1, -0.05) is 23.5 Å². The molecule has 6 nitrogen and oxygen atoms in total. The van der Waals surface area contributed by atoms with E-state index in [1.165, 1.54) is 18.3 Å². The van der Waals surface area contributed by atoms with Gasteiger partial charge in [-0.15, -0.1) is 0 Å². The quantitative estimate of drug-likeness (QED) is 0.735. The number of aromatic nitrogens is 1. The number of ether oxygens (including phenoxy) is 1. The van der Waals surface area contributed by atoms with Gasteiger partial charge in [0.25, 0.3) is 0 Å². The number of fused-ring (bicyclic) bond motifs is 1. The summed E-state index contributed by atoms with van der Waals surface area (Å²) in [5.74, 6) is 0.490. The lowest BCUT2D eigenvalue weighted by molar-refractivity contribution is -0.116. The van der Waals surface area contributed by atoms with Crippen molar-refractivity contribution < 1.29 is 14.3 Å². The molecule has 0 saturated carbocycles. The predicted molar refractivity (Wildman–Crippen MR) is 99.3 cm³/mol. The van der Waals surface area contributed by atoms with Crippen molar-refractivity contribution in [1.29, 1.82) is 0 Å². The van der Waals surface area contributed by atoms with Crippen LogP contribution < -0.4 is 15.4 Å². The van der Waals surface area contributed by atoms with Crippen molar-refractivity contribution in [2.24, 2.45) is 0 Å². The lowest BCUT2D eigenvalue weighted by atomic mass is 10.1. The number of benzene rings is 2. The number of carbonyl (C=O) groups excluding carboxylic acids is 2. The minimum absolute atomic E-state index is 0.127. The maximum atomic E-state index is 12.2. The van der Waals surface area contributed by atoms with E-state index in [1.807, 2.05) is 30.3 Å². The molecule has 0 atom stereocenters. The Morgan fingerprint density at radius 2 is 1.88 bits per heavy atom. The fourth-order valence-electron chi connectivity index (χ4n) is 2.34. The summed E-state index contributed by atoms with van der Waals surface area (Å²) in [7, 11) is 1.61. The second-order valence-electron chi connectivity index (χ2n) is 5.46. The van der Waals surface area contributed by atoms with Gasteiger partial charge in [-0.3, -0.25) is 9.59 Å². The summed E-state index contributed by atoms with van der Waals surface area (Å²) >= 11 is 1.40. The summed E-state index contributed by atoms with van der Waals surface area (Å²) in [6.45, 7) is 1.45. The lowest BCUT2D eigenvalue weighted by Gasteiger charge is -2.04. The molecular weight excluding hydrogens is 338 g/mol. The third-order valence-electron chi connectivity index (χ3n) is 3.48. The van der Waals surface area contributed by atoms with E-state index < -0.39 is 0 Å². The van der Waals surface area contributed by atoms with E-state index in [1.54, 1.807) is 19.2 Å². The number of carbonyl (C=O) groups is 2. The third-order valence-corrected chi connectivity index (χ3v) is 4.41. The molecule has 2 amide bonds. The molecule has 3 rings (SSSR count). The summed E-state index contributed by atoms with van der Waals surface area (Å²) < 4.78 is 6.14.